The van der Waals surface area contributed by atoms with Crippen LogP contribution >= 0.6 is 0 Å². The van der Waals surface area contributed by atoms with Gasteiger partial charge >= 0.3 is 0 Å². The van der Waals surface area contributed by atoms with Crippen LogP contribution in [0.2, 0.25) is 0 Å². The topological polar surface area (TPSA) is 58.6 Å². The molecule has 0 bridgehead atoms. The zero-order valence-corrected chi connectivity index (χ0v) is 15.4. The lowest BCUT2D eigenvalue weighted by molar-refractivity contribution is 0.414. The first-order valence-corrected chi connectivity index (χ1v) is 9.53. The van der Waals surface area contributed by atoms with E-state index in [1.54, 1.807) is 24.3 Å². The van der Waals surface area contributed by atoms with E-state index >= 15 is 0 Å². The van der Waals surface area contributed by atoms with Gasteiger partial charge in [0.15, 0.2) is 0 Å². The first-order chi connectivity index (χ1) is 12.5. The van der Waals surface area contributed by atoms with Crippen LogP contribution in [0.25, 0.3) is 0 Å². The molecule has 0 atom stereocenters. The van der Waals surface area contributed by atoms with E-state index in [4.69, 9.17) is 4.74 Å². The van der Waals surface area contributed by atoms with E-state index in [1.165, 1.54) is 19.2 Å². The molecule has 1 N–H and O–H groups in total. The van der Waals surface area contributed by atoms with E-state index in [9.17, 15) is 8.42 Å². The first kappa shape index (κ1) is 17.8. The largest absolute Gasteiger partial charge is 0.497 e. The zero-order valence-electron chi connectivity index (χ0n) is 14.6. The summed E-state index contributed by atoms with van der Waals surface area (Å²) < 4.78 is 32.6. The number of benzene rings is 3. The summed E-state index contributed by atoms with van der Waals surface area (Å²) >= 11 is 0. The number of para-hydroxylation sites is 1. The van der Waals surface area contributed by atoms with Crippen LogP contribution in [0, 0.1) is 0 Å². The van der Waals surface area contributed by atoms with Crippen LogP contribution in [0.15, 0.2) is 83.8 Å². The Morgan fingerprint density at radius 3 is 1.96 bits per heavy atom. The number of ether oxygens (including phenoxy) is 1. The number of sulfonamides is 1. The Morgan fingerprint density at radius 1 is 0.808 bits per heavy atom. The number of methoxy groups -OCH3 is 1. The molecule has 0 aliphatic rings. The summed E-state index contributed by atoms with van der Waals surface area (Å²) in [5.41, 5.74) is 2.52. The number of nitrogens with zero attached hydrogens (tertiary/aromatic N) is 1. The van der Waals surface area contributed by atoms with Crippen molar-refractivity contribution in [2.75, 3.05) is 23.8 Å². The smallest absolute Gasteiger partial charge is 0.261 e. The Kier molecular flexibility index (Phi) is 5.14. The fourth-order valence-corrected chi connectivity index (χ4v) is 3.58. The van der Waals surface area contributed by atoms with Gasteiger partial charge in [0.05, 0.1) is 12.0 Å². The molecule has 0 aliphatic carbocycles. The maximum atomic E-state index is 12.5. The number of nitrogens with one attached hydrogen (secondary N) is 1. The first-order valence-electron chi connectivity index (χ1n) is 8.05. The van der Waals surface area contributed by atoms with Gasteiger partial charge in [0, 0.05) is 24.1 Å². The van der Waals surface area contributed by atoms with Crippen molar-refractivity contribution >= 4 is 27.1 Å². The fourth-order valence-electron chi connectivity index (χ4n) is 2.52. The highest BCUT2D eigenvalue weighted by atomic mass is 32.2. The van der Waals surface area contributed by atoms with E-state index in [0.717, 1.165) is 11.4 Å². The van der Waals surface area contributed by atoms with Gasteiger partial charge in [-0.25, -0.2) is 8.42 Å². The molecule has 0 saturated heterocycles. The summed E-state index contributed by atoms with van der Waals surface area (Å²) in [7, 11) is -0.141. The van der Waals surface area contributed by atoms with Crippen molar-refractivity contribution in [1.82, 2.24) is 0 Å². The maximum Gasteiger partial charge on any atom is 0.261 e. The number of anilines is 3. The molecule has 0 heterocycles. The molecule has 3 aromatic carbocycles. The third kappa shape index (κ3) is 3.97. The minimum absolute atomic E-state index is 0.184. The predicted octanol–water partition coefficient (Wildman–Crippen LogP) is 4.26. The normalized spacial score (nSPS) is 11.0. The van der Waals surface area contributed by atoms with Crippen LogP contribution in [-0.2, 0) is 10.0 Å². The summed E-state index contributed by atoms with van der Waals surface area (Å²) in [6.45, 7) is 0. The Labute approximate surface area is 153 Å². The zero-order chi connectivity index (χ0) is 18.6. The highest BCUT2D eigenvalue weighted by Gasteiger charge is 2.14. The Morgan fingerprint density at radius 2 is 1.38 bits per heavy atom. The second kappa shape index (κ2) is 7.49. The van der Waals surface area contributed by atoms with Crippen molar-refractivity contribution < 1.29 is 13.2 Å². The molecule has 134 valence electrons. The molecule has 0 fully saturated rings. The highest BCUT2D eigenvalue weighted by Crippen LogP contribution is 2.25. The minimum atomic E-state index is -3.64. The third-order valence-electron chi connectivity index (χ3n) is 4.02. The summed E-state index contributed by atoms with van der Waals surface area (Å²) in [5.74, 6) is 0.609. The average Bonchev–Trinajstić information content (AvgIpc) is 2.68. The highest BCUT2D eigenvalue weighted by molar-refractivity contribution is 7.92. The molecule has 0 aliphatic heterocycles. The molecular formula is C20H20N2O3S. The standard InChI is InChI=1S/C20H20N2O3S/c1-22(17-6-4-3-5-7-17)18-10-8-16(9-11-18)21-26(23,24)20-14-12-19(25-2)13-15-20/h3-15,21H,1-2H3. The molecule has 3 rings (SSSR count). The van der Waals surface area contributed by atoms with Crippen molar-refractivity contribution in [2.24, 2.45) is 0 Å². The second-order valence-corrected chi connectivity index (χ2v) is 7.40. The molecule has 5 nitrogen and oxygen atoms in total. The van der Waals surface area contributed by atoms with E-state index < -0.39 is 10.0 Å². The lowest BCUT2D eigenvalue weighted by atomic mass is 10.2. The van der Waals surface area contributed by atoms with E-state index in [1.807, 2.05) is 54.4 Å². The van der Waals surface area contributed by atoms with Gasteiger partial charge in [0.2, 0.25) is 0 Å². The maximum absolute atomic E-state index is 12.5. The fraction of sp³-hybridized carbons (Fsp3) is 0.100. The van der Waals surface area contributed by atoms with Crippen LogP contribution in [-0.4, -0.2) is 22.6 Å². The summed E-state index contributed by atoms with van der Waals surface area (Å²) in [4.78, 5) is 2.21. The Bertz CT molecular complexity index is 954. The van der Waals surface area contributed by atoms with Crippen LogP contribution in [0.3, 0.4) is 0 Å². The molecule has 0 amide bonds. The summed E-state index contributed by atoms with van der Waals surface area (Å²) in [6, 6.07) is 23.4. The van der Waals surface area contributed by atoms with Crippen molar-refractivity contribution in [2.45, 2.75) is 4.90 Å². The second-order valence-electron chi connectivity index (χ2n) is 5.72. The third-order valence-corrected chi connectivity index (χ3v) is 5.42. The molecule has 0 unspecified atom stereocenters. The van der Waals surface area contributed by atoms with Gasteiger partial charge in [-0.2, -0.15) is 0 Å². The number of rotatable bonds is 6. The molecule has 0 spiro atoms. The van der Waals surface area contributed by atoms with Crippen molar-refractivity contribution in [3.63, 3.8) is 0 Å². The summed E-state index contributed by atoms with van der Waals surface area (Å²) in [5, 5.41) is 0. The van der Waals surface area contributed by atoms with Gasteiger partial charge in [-0.05, 0) is 60.7 Å². The van der Waals surface area contributed by atoms with Gasteiger partial charge in [-0.1, -0.05) is 18.2 Å². The van der Waals surface area contributed by atoms with Crippen LogP contribution < -0.4 is 14.4 Å². The van der Waals surface area contributed by atoms with Crippen LogP contribution in [0.1, 0.15) is 0 Å². The number of hydrogen-bond donors (Lipinski definition) is 1. The van der Waals surface area contributed by atoms with Crippen molar-refractivity contribution in [3.05, 3.63) is 78.9 Å². The molecule has 0 aromatic heterocycles. The van der Waals surface area contributed by atoms with Gasteiger partial charge in [-0.3, -0.25) is 4.72 Å². The van der Waals surface area contributed by atoms with Crippen molar-refractivity contribution in [3.8, 4) is 5.75 Å². The van der Waals surface area contributed by atoms with E-state index in [-0.39, 0.29) is 4.90 Å². The lowest BCUT2D eigenvalue weighted by Crippen LogP contribution is -2.13. The van der Waals surface area contributed by atoms with E-state index in [0.29, 0.717) is 11.4 Å². The quantitative estimate of drug-likeness (QED) is 0.706. The van der Waals surface area contributed by atoms with Crippen LogP contribution in [0.5, 0.6) is 5.75 Å². The van der Waals surface area contributed by atoms with Gasteiger partial charge in [0.25, 0.3) is 10.0 Å². The van der Waals surface area contributed by atoms with Gasteiger partial charge < -0.3 is 9.64 Å². The summed E-state index contributed by atoms with van der Waals surface area (Å²) in [6.07, 6.45) is 0. The van der Waals surface area contributed by atoms with Gasteiger partial charge in [-0.15, -0.1) is 0 Å². The van der Waals surface area contributed by atoms with Gasteiger partial charge in [0.1, 0.15) is 5.75 Å². The number of hydrogen-bond acceptors (Lipinski definition) is 4. The molecule has 26 heavy (non-hydrogen) atoms. The lowest BCUT2D eigenvalue weighted by Gasteiger charge is -2.19. The average molecular weight is 368 g/mol. The molecule has 6 heteroatoms. The Balaban J connectivity index is 1.76. The SMILES string of the molecule is COc1ccc(S(=O)(=O)Nc2ccc(N(C)c3ccccc3)cc2)cc1. The molecular weight excluding hydrogens is 348 g/mol. The predicted molar refractivity (Wildman–Crippen MR) is 105 cm³/mol. The molecule has 3 aromatic rings. The molecule has 0 saturated carbocycles. The minimum Gasteiger partial charge on any atom is -0.497 e. The molecule has 0 radical (unpaired) electrons. The monoisotopic (exact) mass is 368 g/mol. The Hall–Kier alpha value is -2.99. The van der Waals surface area contributed by atoms with E-state index in [2.05, 4.69) is 4.72 Å². The van der Waals surface area contributed by atoms with Crippen molar-refractivity contribution in [1.29, 1.82) is 0 Å². The van der Waals surface area contributed by atoms with Crippen LogP contribution in [0.4, 0.5) is 17.1 Å².